The number of carbonyl (C=O) groups is 1. The normalized spacial score (nSPS) is 12.2. The van der Waals surface area contributed by atoms with Crippen LogP contribution >= 0.6 is 11.3 Å². The summed E-state index contributed by atoms with van der Waals surface area (Å²) in [6, 6.07) is 8.50. The molecule has 14 heteroatoms. The Morgan fingerprint density at radius 1 is 1.28 bits per heavy atom. The molecular formula is C18H14N4O7S3. The topological polar surface area (TPSA) is 169 Å². The minimum atomic E-state index is -4.39. The van der Waals surface area contributed by atoms with Gasteiger partial charge in [0.15, 0.2) is 14.9 Å². The first kappa shape index (κ1) is 23.1. The summed E-state index contributed by atoms with van der Waals surface area (Å²) in [6.07, 6.45) is 2.53. The number of aromatic nitrogens is 1. The van der Waals surface area contributed by atoms with E-state index in [-0.39, 0.29) is 21.2 Å². The van der Waals surface area contributed by atoms with Crippen molar-refractivity contribution in [3.8, 4) is 6.07 Å². The van der Waals surface area contributed by atoms with Crippen LogP contribution in [0.3, 0.4) is 0 Å². The molecule has 0 fully saturated rings. The number of methoxy groups -OCH3 is 1. The van der Waals surface area contributed by atoms with Gasteiger partial charge in [-0.25, -0.2) is 26.6 Å². The third-order valence-corrected chi connectivity index (χ3v) is 8.16. The van der Waals surface area contributed by atoms with Crippen LogP contribution in [0.15, 0.2) is 67.6 Å². The van der Waals surface area contributed by atoms with Crippen molar-refractivity contribution in [1.29, 1.82) is 5.26 Å². The van der Waals surface area contributed by atoms with Gasteiger partial charge in [0, 0.05) is 11.6 Å². The molecule has 0 radical (unpaired) electrons. The second kappa shape index (κ2) is 9.30. The molecule has 0 unspecified atom stereocenters. The fourth-order valence-electron chi connectivity index (χ4n) is 2.44. The van der Waals surface area contributed by atoms with Crippen molar-refractivity contribution in [1.82, 2.24) is 4.98 Å². The zero-order chi connectivity index (χ0) is 23.4. The van der Waals surface area contributed by atoms with Crippen LogP contribution in [-0.2, 0) is 30.2 Å². The predicted molar refractivity (Wildman–Crippen MR) is 113 cm³/mol. The Morgan fingerprint density at radius 3 is 2.66 bits per heavy atom. The van der Waals surface area contributed by atoms with E-state index in [1.54, 1.807) is 0 Å². The molecule has 11 nitrogen and oxygen atoms in total. The number of rotatable bonds is 7. The molecule has 166 valence electrons. The average Bonchev–Trinajstić information content (AvgIpc) is 3.44. The molecule has 3 aromatic heterocycles. The number of ether oxygens (including phenoxy) is 1. The number of carbonyl (C=O) groups excluding carboxylic acids is 1. The lowest BCUT2D eigenvalue weighted by Crippen LogP contribution is -2.17. The first-order valence-corrected chi connectivity index (χ1v) is 12.6. The largest absolute Gasteiger partial charge is 0.468 e. The number of thiophene rings is 1. The lowest BCUT2D eigenvalue weighted by Gasteiger charge is -2.08. The summed E-state index contributed by atoms with van der Waals surface area (Å²) in [5, 5.41) is 12.7. The summed E-state index contributed by atoms with van der Waals surface area (Å²) in [7, 11) is -7.34. The van der Waals surface area contributed by atoms with Crippen molar-refractivity contribution < 1.29 is 30.8 Å². The number of hydrogen-bond acceptors (Lipinski definition) is 12. The third-order valence-electron chi connectivity index (χ3n) is 3.91. The van der Waals surface area contributed by atoms with Crippen LogP contribution < -0.4 is 5.43 Å². The number of hydrogen-bond donors (Lipinski definition) is 1. The molecule has 0 aliphatic carbocycles. The standard InChI is InChI=1S/C18H14N4O7S3/c1-28-18(23)17-16(13(10-30-17)31(24,25)11-12-5-4-8-29-12)22-21-15(9-19)32(26,27)14-6-2-3-7-20-14/h2-8,10,22H,11H2,1H3/b21-15-. The highest BCUT2D eigenvalue weighted by molar-refractivity contribution is 8.07. The molecule has 3 rings (SSSR count). The molecule has 0 bridgehead atoms. The van der Waals surface area contributed by atoms with Gasteiger partial charge in [-0.1, -0.05) is 6.07 Å². The summed E-state index contributed by atoms with van der Waals surface area (Å²) >= 11 is 0.751. The van der Waals surface area contributed by atoms with Gasteiger partial charge in [-0.2, -0.15) is 10.4 Å². The summed E-state index contributed by atoms with van der Waals surface area (Å²) in [6.45, 7) is 0. The van der Waals surface area contributed by atoms with Gasteiger partial charge in [0.1, 0.15) is 33.0 Å². The van der Waals surface area contributed by atoms with Gasteiger partial charge >= 0.3 is 5.97 Å². The van der Waals surface area contributed by atoms with Gasteiger partial charge in [-0.3, -0.25) is 5.43 Å². The van der Waals surface area contributed by atoms with Crippen LogP contribution in [0.25, 0.3) is 0 Å². The van der Waals surface area contributed by atoms with Crippen LogP contribution in [0.5, 0.6) is 0 Å². The van der Waals surface area contributed by atoms with Gasteiger partial charge in [-0.05, 0) is 24.3 Å². The van der Waals surface area contributed by atoms with E-state index in [4.69, 9.17) is 4.42 Å². The van der Waals surface area contributed by atoms with E-state index in [2.05, 4.69) is 20.2 Å². The molecule has 0 amide bonds. The molecule has 0 atom stereocenters. The van der Waals surface area contributed by atoms with Crippen molar-refractivity contribution in [3.05, 3.63) is 58.8 Å². The number of furan rings is 1. The first-order chi connectivity index (χ1) is 15.2. The van der Waals surface area contributed by atoms with Crippen LogP contribution in [0, 0.1) is 11.3 Å². The number of esters is 1. The lowest BCUT2D eigenvalue weighted by atomic mass is 10.4. The van der Waals surface area contributed by atoms with Gasteiger partial charge in [0.2, 0.25) is 0 Å². The highest BCUT2D eigenvalue weighted by Crippen LogP contribution is 2.34. The van der Waals surface area contributed by atoms with E-state index in [1.165, 1.54) is 54.2 Å². The van der Waals surface area contributed by atoms with E-state index in [1.807, 2.05) is 0 Å². The van der Waals surface area contributed by atoms with Crippen molar-refractivity contribution in [2.45, 2.75) is 15.7 Å². The van der Waals surface area contributed by atoms with E-state index in [0.717, 1.165) is 18.4 Å². The van der Waals surface area contributed by atoms with Crippen molar-refractivity contribution in [2.75, 3.05) is 12.5 Å². The van der Waals surface area contributed by atoms with Crippen molar-refractivity contribution in [2.24, 2.45) is 5.10 Å². The number of nitriles is 1. The lowest BCUT2D eigenvalue weighted by molar-refractivity contribution is 0.0607. The molecular weight excluding hydrogens is 480 g/mol. The smallest absolute Gasteiger partial charge is 0.350 e. The minimum Gasteiger partial charge on any atom is -0.468 e. The third kappa shape index (κ3) is 4.69. The fraction of sp³-hybridized carbons (Fsp3) is 0.111. The summed E-state index contributed by atoms with van der Waals surface area (Å²) in [5.74, 6) is -1.24. The highest BCUT2D eigenvalue weighted by atomic mass is 32.2. The van der Waals surface area contributed by atoms with Gasteiger partial charge in [0.05, 0.1) is 13.4 Å². The Balaban J connectivity index is 2.05. The quantitative estimate of drug-likeness (QED) is 0.222. The van der Waals surface area contributed by atoms with E-state index in [0.29, 0.717) is 0 Å². The molecule has 0 aliphatic rings. The Labute approximate surface area is 186 Å². The molecule has 1 N–H and O–H groups in total. The number of nitrogens with one attached hydrogen (secondary N) is 1. The highest BCUT2D eigenvalue weighted by Gasteiger charge is 2.29. The molecule has 3 aromatic rings. The number of sulfone groups is 2. The monoisotopic (exact) mass is 494 g/mol. The maximum atomic E-state index is 12.9. The second-order valence-corrected chi connectivity index (χ2v) is 10.6. The second-order valence-electron chi connectivity index (χ2n) is 5.95. The molecule has 0 saturated carbocycles. The molecule has 3 heterocycles. The Kier molecular flexibility index (Phi) is 6.72. The zero-order valence-electron chi connectivity index (χ0n) is 16.3. The molecule has 32 heavy (non-hydrogen) atoms. The maximum Gasteiger partial charge on any atom is 0.350 e. The Morgan fingerprint density at radius 2 is 2.06 bits per heavy atom. The first-order valence-electron chi connectivity index (χ1n) is 8.55. The van der Waals surface area contributed by atoms with E-state index >= 15 is 0 Å². The van der Waals surface area contributed by atoms with Gasteiger partial charge < -0.3 is 9.15 Å². The van der Waals surface area contributed by atoms with E-state index in [9.17, 15) is 26.9 Å². The van der Waals surface area contributed by atoms with Crippen LogP contribution in [-0.4, -0.2) is 39.9 Å². The minimum absolute atomic E-state index is 0.153. The number of pyridine rings is 1. The zero-order valence-corrected chi connectivity index (χ0v) is 18.7. The summed E-state index contributed by atoms with van der Waals surface area (Å²) in [4.78, 5) is 15.3. The number of hydrazone groups is 1. The van der Waals surface area contributed by atoms with Gasteiger partial charge in [0.25, 0.3) is 14.9 Å². The number of anilines is 1. The number of nitrogens with zero attached hydrogens (tertiary/aromatic N) is 3. The summed E-state index contributed by atoms with van der Waals surface area (Å²) in [5.41, 5.74) is 1.93. The van der Waals surface area contributed by atoms with Crippen molar-refractivity contribution >= 4 is 47.7 Å². The maximum absolute atomic E-state index is 12.9. The van der Waals surface area contributed by atoms with Crippen LogP contribution in [0.4, 0.5) is 5.69 Å². The Hall–Kier alpha value is -3.54. The fourth-order valence-corrected chi connectivity index (χ4v) is 6.12. The van der Waals surface area contributed by atoms with Crippen LogP contribution in [0.2, 0.25) is 0 Å². The van der Waals surface area contributed by atoms with E-state index < -0.39 is 41.5 Å². The SMILES string of the molecule is COC(=O)c1scc(S(=O)(=O)Cc2ccco2)c1N/N=C(/C#N)S(=O)(=O)c1ccccn1. The Bertz CT molecular complexity index is 1400. The molecule has 0 saturated heterocycles. The summed E-state index contributed by atoms with van der Waals surface area (Å²) < 4.78 is 60.7. The molecule has 0 spiro atoms. The average molecular weight is 495 g/mol. The molecule has 0 aliphatic heterocycles. The van der Waals surface area contributed by atoms with Crippen LogP contribution in [0.1, 0.15) is 15.4 Å². The van der Waals surface area contributed by atoms with Gasteiger partial charge in [-0.15, -0.1) is 11.3 Å². The predicted octanol–water partition coefficient (Wildman–Crippen LogP) is 2.22. The van der Waals surface area contributed by atoms with Crippen molar-refractivity contribution in [3.63, 3.8) is 0 Å². The molecule has 0 aromatic carbocycles.